The molecule has 1 aromatic rings. The van der Waals surface area contributed by atoms with Gasteiger partial charge in [-0.3, -0.25) is 4.79 Å². The van der Waals surface area contributed by atoms with Gasteiger partial charge >= 0.3 is 5.97 Å². The summed E-state index contributed by atoms with van der Waals surface area (Å²) >= 11 is 6.43. The van der Waals surface area contributed by atoms with E-state index in [1.807, 2.05) is 11.4 Å². The molecule has 7 heteroatoms. The van der Waals surface area contributed by atoms with Gasteiger partial charge in [-0.2, -0.15) is 11.8 Å². The number of hydrogen-bond donors (Lipinski definition) is 2. The molecule has 0 bridgehead atoms. The van der Waals surface area contributed by atoms with Gasteiger partial charge in [0, 0.05) is 11.5 Å². The van der Waals surface area contributed by atoms with Crippen molar-refractivity contribution in [2.45, 2.75) is 11.8 Å². The molecule has 1 atom stereocenters. The molecule has 0 aliphatic rings. The minimum atomic E-state index is -1.01. The second-order valence-electron chi connectivity index (χ2n) is 2.95. The van der Waals surface area contributed by atoms with Crippen molar-refractivity contribution in [3.05, 3.63) is 20.8 Å². The van der Waals surface area contributed by atoms with Crippen molar-refractivity contribution >= 4 is 51.4 Å². The molecule has 88 valence electrons. The Bertz CT molecular complexity index is 369. The van der Waals surface area contributed by atoms with Crippen molar-refractivity contribution in [3.63, 3.8) is 0 Å². The molecular formula is C9H10BrNO3S2. The summed E-state index contributed by atoms with van der Waals surface area (Å²) in [6.07, 6.45) is 0.417. The van der Waals surface area contributed by atoms with E-state index in [-0.39, 0.29) is 0 Å². The van der Waals surface area contributed by atoms with E-state index in [0.29, 0.717) is 12.2 Å². The van der Waals surface area contributed by atoms with Crippen LogP contribution >= 0.6 is 39.0 Å². The van der Waals surface area contributed by atoms with E-state index in [2.05, 4.69) is 21.2 Å². The predicted octanol–water partition coefficient (Wildman–Crippen LogP) is 1.94. The molecule has 0 aliphatic carbocycles. The fourth-order valence-corrected chi connectivity index (χ4v) is 3.30. The Morgan fingerprint density at radius 1 is 1.75 bits per heavy atom. The molecule has 0 aliphatic heterocycles. The minimum Gasteiger partial charge on any atom is -0.480 e. The van der Waals surface area contributed by atoms with E-state index in [0.717, 1.165) is 15.1 Å². The van der Waals surface area contributed by atoms with Crippen LogP contribution in [0.25, 0.3) is 0 Å². The zero-order valence-electron chi connectivity index (χ0n) is 8.18. The highest BCUT2D eigenvalue weighted by Crippen LogP contribution is 2.24. The highest BCUT2D eigenvalue weighted by Gasteiger charge is 2.15. The van der Waals surface area contributed by atoms with E-state index >= 15 is 0 Å². The van der Waals surface area contributed by atoms with Gasteiger partial charge in [0.1, 0.15) is 6.04 Å². The average molecular weight is 324 g/mol. The summed E-state index contributed by atoms with van der Waals surface area (Å²) in [6, 6.07) is 1.19. The Hall–Kier alpha value is -0.530. The van der Waals surface area contributed by atoms with Crippen LogP contribution in [0.1, 0.15) is 5.56 Å². The summed E-state index contributed by atoms with van der Waals surface area (Å²) < 4.78 is 1.06. The van der Waals surface area contributed by atoms with E-state index in [4.69, 9.17) is 5.11 Å². The molecule has 0 radical (unpaired) electrons. The molecule has 0 fully saturated rings. The number of nitrogens with one attached hydrogen (secondary N) is 1. The van der Waals surface area contributed by atoms with Crippen molar-refractivity contribution in [2.24, 2.45) is 0 Å². The highest BCUT2D eigenvalue weighted by molar-refractivity contribution is 9.11. The van der Waals surface area contributed by atoms with Crippen LogP contribution < -0.4 is 5.32 Å². The van der Waals surface area contributed by atoms with Gasteiger partial charge in [-0.15, -0.1) is 11.3 Å². The maximum absolute atomic E-state index is 10.7. The van der Waals surface area contributed by atoms with Crippen molar-refractivity contribution < 1.29 is 14.7 Å². The fraction of sp³-hybridized carbons (Fsp3) is 0.333. The van der Waals surface area contributed by atoms with E-state index < -0.39 is 12.0 Å². The number of carboxylic acid groups (broad SMARTS) is 1. The maximum atomic E-state index is 10.7. The summed E-state index contributed by atoms with van der Waals surface area (Å²) in [5.41, 5.74) is 1.15. The molecule has 0 saturated carbocycles. The molecule has 1 amide bonds. The number of halogens is 1. The van der Waals surface area contributed by atoms with Gasteiger partial charge in [-0.1, -0.05) is 0 Å². The third-order valence-electron chi connectivity index (χ3n) is 1.74. The zero-order valence-corrected chi connectivity index (χ0v) is 11.4. The summed E-state index contributed by atoms with van der Waals surface area (Å²) in [5, 5.41) is 13.0. The first-order chi connectivity index (χ1) is 7.63. The molecule has 2 N–H and O–H groups in total. The van der Waals surface area contributed by atoms with Crippen LogP contribution in [0, 0.1) is 0 Å². The Balaban J connectivity index is 2.33. The number of thioether (sulfide) groups is 1. The molecule has 16 heavy (non-hydrogen) atoms. The lowest BCUT2D eigenvalue weighted by atomic mass is 10.3. The molecule has 4 nitrogen and oxygen atoms in total. The third-order valence-corrected chi connectivity index (χ3v) is 4.40. The lowest BCUT2D eigenvalue weighted by Crippen LogP contribution is -2.37. The Morgan fingerprint density at radius 3 is 3.00 bits per heavy atom. The average Bonchev–Trinajstić information content (AvgIpc) is 2.63. The van der Waals surface area contributed by atoms with E-state index in [1.165, 1.54) is 11.8 Å². The number of thiophene rings is 1. The standard InChI is InChI=1S/C9H10BrNO3S2/c10-8-1-6(3-16-8)2-15-4-7(9(13)14)11-5-12/h1,3,5,7H,2,4H2,(H,11,12)(H,13,14). The van der Waals surface area contributed by atoms with Crippen LogP contribution in [0.4, 0.5) is 0 Å². The van der Waals surface area contributed by atoms with Crippen LogP contribution in [-0.2, 0) is 15.3 Å². The lowest BCUT2D eigenvalue weighted by molar-refractivity contribution is -0.139. The van der Waals surface area contributed by atoms with Gasteiger partial charge in [-0.25, -0.2) is 4.79 Å². The quantitative estimate of drug-likeness (QED) is 0.752. The lowest BCUT2D eigenvalue weighted by Gasteiger charge is -2.09. The number of rotatable bonds is 7. The first kappa shape index (κ1) is 13.5. The monoisotopic (exact) mass is 323 g/mol. The second kappa shape index (κ2) is 6.93. The normalized spacial score (nSPS) is 12.1. The molecule has 1 aromatic heterocycles. The van der Waals surface area contributed by atoms with Crippen molar-refractivity contribution in [3.8, 4) is 0 Å². The molecule has 0 saturated heterocycles. The first-order valence-electron chi connectivity index (χ1n) is 4.36. The van der Waals surface area contributed by atoms with Crippen molar-refractivity contribution in [1.82, 2.24) is 5.32 Å². The Morgan fingerprint density at radius 2 is 2.50 bits per heavy atom. The third kappa shape index (κ3) is 4.54. The number of carbonyl (C=O) groups is 2. The molecule has 0 spiro atoms. The van der Waals surface area contributed by atoms with Gasteiger partial charge in [-0.05, 0) is 32.9 Å². The SMILES string of the molecule is O=CNC(CSCc1csc(Br)c1)C(=O)O. The van der Waals surface area contributed by atoms with Gasteiger partial charge in [0.15, 0.2) is 0 Å². The fourth-order valence-electron chi connectivity index (χ4n) is 0.989. The van der Waals surface area contributed by atoms with Crippen LogP contribution in [0.15, 0.2) is 15.2 Å². The van der Waals surface area contributed by atoms with Crippen LogP contribution in [0.5, 0.6) is 0 Å². The van der Waals surface area contributed by atoms with E-state index in [9.17, 15) is 9.59 Å². The number of amides is 1. The number of aliphatic carboxylic acids is 1. The summed E-state index contributed by atoms with van der Waals surface area (Å²) in [5.74, 6) is 0.0969. The largest absolute Gasteiger partial charge is 0.480 e. The van der Waals surface area contributed by atoms with Crippen molar-refractivity contribution in [1.29, 1.82) is 0 Å². The van der Waals surface area contributed by atoms with Gasteiger partial charge in [0.05, 0.1) is 3.79 Å². The molecule has 0 aromatic carbocycles. The van der Waals surface area contributed by atoms with Gasteiger partial charge in [0.25, 0.3) is 0 Å². The summed E-state index contributed by atoms with van der Waals surface area (Å²) in [7, 11) is 0. The van der Waals surface area contributed by atoms with Crippen LogP contribution in [0.3, 0.4) is 0 Å². The topological polar surface area (TPSA) is 66.4 Å². The predicted molar refractivity (Wildman–Crippen MR) is 68.8 cm³/mol. The van der Waals surface area contributed by atoms with Gasteiger partial charge in [0.2, 0.25) is 6.41 Å². The number of carbonyl (C=O) groups excluding carboxylic acids is 1. The number of carboxylic acids is 1. The molecule has 1 rings (SSSR count). The Labute approximate surface area is 110 Å². The zero-order chi connectivity index (χ0) is 12.0. The smallest absolute Gasteiger partial charge is 0.327 e. The summed E-state index contributed by atoms with van der Waals surface area (Å²) in [4.78, 5) is 20.9. The van der Waals surface area contributed by atoms with Crippen LogP contribution in [0.2, 0.25) is 0 Å². The first-order valence-corrected chi connectivity index (χ1v) is 7.19. The molecular weight excluding hydrogens is 314 g/mol. The Kier molecular flexibility index (Phi) is 5.86. The van der Waals surface area contributed by atoms with E-state index in [1.54, 1.807) is 11.3 Å². The molecule has 1 heterocycles. The summed E-state index contributed by atoms with van der Waals surface area (Å²) in [6.45, 7) is 0. The number of hydrogen-bond acceptors (Lipinski definition) is 4. The van der Waals surface area contributed by atoms with Gasteiger partial charge < -0.3 is 10.4 Å². The highest BCUT2D eigenvalue weighted by atomic mass is 79.9. The maximum Gasteiger partial charge on any atom is 0.327 e. The van der Waals surface area contributed by atoms with Crippen molar-refractivity contribution in [2.75, 3.05) is 5.75 Å². The second-order valence-corrected chi connectivity index (χ2v) is 6.27. The van der Waals surface area contributed by atoms with Crippen LogP contribution in [-0.4, -0.2) is 29.3 Å². The molecule has 1 unspecified atom stereocenters. The minimum absolute atomic E-state index is 0.363.